The van der Waals surface area contributed by atoms with Crippen LogP contribution in [0.15, 0.2) is 53.8 Å². The number of benzene rings is 1. The number of oxime groups is 1. The van der Waals surface area contributed by atoms with Crippen molar-refractivity contribution < 1.29 is 10.3 Å². The summed E-state index contributed by atoms with van der Waals surface area (Å²) in [5.74, 6) is 0.266. The molecule has 0 saturated carbocycles. The number of phenols is 1. The molecule has 5 heteroatoms. The summed E-state index contributed by atoms with van der Waals surface area (Å²) in [6.45, 7) is 3.43. The standard InChI is InChI=1S/C16H19N3O2/c1-13(18-21)10-19(12-15-7-4-5-9-17-15)11-14-6-2-3-8-16(14)20/h2-9,20-21H,10-12H2,1H3/b18-13+. The Hall–Kier alpha value is -2.40. The molecule has 0 bridgehead atoms. The minimum absolute atomic E-state index is 0.266. The average molecular weight is 285 g/mol. The van der Waals surface area contributed by atoms with Crippen LogP contribution in [0.4, 0.5) is 0 Å². The second-order valence-corrected chi connectivity index (χ2v) is 4.93. The van der Waals surface area contributed by atoms with E-state index in [-0.39, 0.29) is 5.75 Å². The number of aromatic nitrogens is 1. The number of hydrogen-bond acceptors (Lipinski definition) is 5. The van der Waals surface area contributed by atoms with Gasteiger partial charge in [-0.3, -0.25) is 9.88 Å². The van der Waals surface area contributed by atoms with Gasteiger partial charge in [-0.05, 0) is 25.1 Å². The third-order valence-corrected chi connectivity index (χ3v) is 3.12. The number of aromatic hydroxyl groups is 1. The molecule has 0 aliphatic carbocycles. The summed E-state index contributed by atoms with van der Waals surface area (Å²) in [5, 5.41) is 22.0. The SMILES string of the molecule is C/C(CN(Cc1ccccn1)Cc1ccccc1O)=N\O. The van der Waals surface area contributed by atoms with E-state index in [1.807, 2.05) is 30.3 Å². The molecule has 0 saturated heterocycles. The summed E-state index contributed by atoms with van der Waals surface area (Å²) in [7, 11) is 0. The lowest BCUT2D eigenvalue weighted by Crippen LogP contribution is -2.28. The molecule has 2 rings (SSSR count). The zero-order chi connectivity index (χ0) is 15.1. The van der Waals surface area contributed by atoms with Crippen LogP contribution in [0.25, 0.3) is 0 Å². The van der Waals surface area contributed by atoms with Crippen molar-refractivity contribution in [3.8, 4) is 5.75 Å². The van der Waals surface area contributed by atoms with E-state index in [9.17, 15) is 5.11 Å². The van der Waals surface area contributed by atoms with Gasteiger partial charge in [0.15, 0.2) is 0 Å². The topological polar surface area (TPSA) is 69.0 Å². The molecule has 2 aromatic rings. The maximum absolute atomic E-state index is 9.89. The van der Waals surface area contributed by atoms with Gasteiger partial charge in [-0.2, -0.15) is 0 Å². The van der Waals surface area contributed by atoms with E-state index >= 15 is 0 Å². The zero-order valence-electron chi connectivity index (χ0n) is 12.0. The Morgan fingerprint density at radius 3 is 2.57 bits per heavy atom. The highest BCUT2D eigenvalue weighted by atomic mass is 16.4. The molecule has 110 valence electrons. The largest absolute Gasteiger partial charge is 0.508 e. The summed E-state index contributed by atoms with van der Waals surface area (Å²) in [5.41, 5.74) is 2.37. The smallest absolute Gasteiger partial charge is 0.120 e. The second-order valence-electron chi connectivity index (χ2n) is 4.93. The Kier molecular flexibility index (Phi) is 5.29. The Morgan fingerprint density at radius 2 is 1.90 bits per heavy atom. The average Bonchev–Trinajstić information content (AvgIpc) is 2.50. The monoisotopic (exact) mass is 285 g/mol. The van der Waals surface area contributed by atoms with E-state index in [0.717, 1.165) is 11.3 Å². The minimum Gasteiger partial charge on any atom is -0.508 e. The van der Waals surface area contributed by atoms with Crippen LogP contribution in [0.1, 0.15) is 18.2 Å². The third-order valence-electron chi connectivity index (χ3n) is 3.12. The van der Waals surface area contributed by atoms with Gasteiger partial charge in [0.25, 0.3) is 0 Å². The molecule has 1 heterocycles. The lowest BCUT2D eigenvalue weighted by atomic mass is 10.1. The van der Waals surface area contributed by atoms with Gasteiger partial charge in [0, 0.05) is 31.4 Å². The molecule has 0 unspecified atom stereocenters. The lowest BCUT2D eigenvalue weighted by Gasteiger charge is -2.22. The molecule has 1 aromatic carbocycles. The van der Waals surface area contributed by atoms with E-state index in [4.69, 9.17) is 5.21 Å². The Morgan fingerprint density at radius 1 is 1.14 bits per heavy atom. The highest BCUT2D eigenvalue weighted by molar-refractivity contribution is 5.83. The third kappa shape index (κ3) is 4.57. The van der Waals surface area contributed by atoms with Crippen LogP contribution in [-0.4, -0.2) is 32.5 Å². The van der Waals surface area contributed by atoms with Crippen molar-refractivity contribution in [2.24, 2.45) is 5.16 Å². The summed E-state index contributed by atoms with van der Waals surface area (Å²) in [6, 6.07) is 13.0. The van der Waals surface area contributed by atoms with Gasteiger partial charge < -0.3 is 10.3 Å². The van der Waals surface area contributed by atoms with Crippen molar-refractivity contribution in [2.75, 3.05) is 6.54 Å². The van der Waals surface area contributed by atoms with Gasteiger partial charge in [-0.15, -0.1) is 0 Å². The lowest BCUT2D eigenvalue weighted by molar-refractivity contribution is 0.274. The summed E-state index contributed by atoms with van der Waals surface area (Å²) in [6.07, 6.45) is 1.75. The Labute approximate surface area is 124 Å². The molecule has 0 aliphatic rings. The van der Waals surface area contributed by atoms with Crippen molar-refractivity contribution >= 4 is 5.71 Å². The molecular formula is C16H19N3O2. The van der Waals surface area contributed by atoms with Crippen molar-refractivity contribution in [1.82, 2.24) is 9.88 Å². The summed E-state index contributed by atoms with van der Waals surface area (Å²) < 4.78 is 0. The number of rotatable bonds is 6. The van der Waals surface area contributed by atoms with Crippen LogP contribution >= 0.6 is 0 Å². The maximum Gasteiger partial charge on any atom is 0.120 e. The normalized spacial score (nSPS) is 11.8. The fourth-order valence-corrected chi connectivity index (χ4v) is 2.13. The van der Waals surface area contributed by atoms with Gasteiger partial charge in [0.2, 0.25) is 0 Å². The molecule has 0 fully saturated rings. The van der Waals surface area contributed by atoms with Crippen molar-refractivity contribution in [1.29, 1.82) is 0 Å². The van der Waals surface area contributed by atoms with Crippen molar-refractivity contribution in [3.63, 3.8) is 0 Å². The second kappa shape index (κ2) is 7.40. The summed E-state index contributed by atoms with van der Waals surface area (Å²) >= 11 is 0. The van der Waals surface area contributed by atoms with Crippen LogP contribution in [0.2, 0.25) is 0 Å². The highest BCUT2D eigenvalue weighted by Gasteiger charge is 2.11. The Bertz CT molecular complexity index is 599. The van der Waals surface area contributed by atoms with Gasteiger partial charge >= 0.3 is 0 Å². The molecule has 1 aromatic heterocycles. The Balaban J connectivity index is 2.14. The molecule has 0 spiro atoms. The molecule has 21 heavy (non-hydrogen) atoms. The first-order valence-corrected chi connectivity index (χ1v) is 6.75. The zero-order valence-corrected chi connectivity index (χ0v) is 12.0. The number of nitrogens with zero attached hydrogens (tertiary/aromatic N) is 3. The highest BCUT2D eigenvalue weighted by Crippen LogP contribution is 2.18. The molecule has 2 N–H and O–H groups in total. The molecule has 5 nitrogen and oxygen atoms in total. The van der Waals surface area contributed by atoms with Gasteiger partial charge in [0.1, 0.15) is 5.75 Å². The maximum atomic E-state index is 9.89. The first-order valence-electron chi connectivity index (χ1n) is 6.75. The van der Waals surface area contributed by atoms with Crippen LogP contribution in [-0.2, 0) is 13.1 Å². The van der Waals surface area contributed by atoms with Gasteiger partial charge in [-0.25, -0.2) is 0 Å². The fraction of sp³-hybridized carbons (Fsp3) is 0.250. The predicted molar refractivity (Wildman–Crippen MR) is 81.4 cm³/mol. The van der Waals surface area contributed by atoms with Crippen LogP contribution in [0.5, 0.6) is 5.75 Å². The van der Waals surface area contributed by atoms with E-state index in [0.29, 0.717) is 25.3 Å². The molecule has 0 radical (unpaired) electrons. The van der Waals surface area contributed by atoms with Crippen LogP contribution < -0.4 is 0 Å². The van der Waals surface area contributed by atoms with Crippen molar-refractivity contribution in [3.05, 3.63) is 59.9 Å². The predicted octanol–water partition coefficient (Wildman–Crippen LogP) is 2.64. The first-order chi connectivity index (χ1) is 10.2. The number of pyridine rings is 1. The van der Waals surface area contributed by atoms with Gasteiger partial charge in [-0.1, -0.05) is 29.4 Å². The molecule has 0 amide bonds. The van der Waals surface area contributed by atoms with E-state index in [1.54, 1.807) is 25.3 Å². The van der Waals surface area contributed by atoms with Crippen LogP contribution in [0.3, 0.4) is 0 Å². The number of hydrogen-bond donors (Lipinski definition) is 2. The van der Waals surface area contributed by atoms with Crippen LogP contribution in [0, 0.1) is 0 Å². The number of para-hydroxylation sites is 1. The van der Waals surface area contributed by atoms with E-state index in [1.165, 1.54) is 0 Å². The number of phenolic OH excluding ortho intramolecular Hbond substituents is 1. The van der Waals surface area contributed by atoms with Crippen molar-refractivity contribution in [2.45, 2.75) is 20.0 Å². The first kappa shape index (κ1) is 15.0. The van der Waals surface area contributed by atoms with Gasteiger partial charge in [0.05, 0.1) is 11.4 Å². The molecule has 0 aliphatic heterocycles. The minimum atomic E-state index is 0.266. The van der Waals surface area contributed by atoms with E-state index in [2.05, 4.69) is 15.0 Å². The fourth-order valence-electron chi connectivity index (χ4n) is 2.13. The molecule has 0 atom stereocenters. The quantitative estimate of drug-likeness (QED) is 0.486. The molecular weight excluding hydrogens is 266 g/mol. The summed E-state index contributed by atoms with van der Waals surface area (Å²) in [4.78, 5) is 6.37. The van der Waals surface area contributed by atoms with E-state index < -0.39 is 0 Å².